The number of tetrazole rings is 1. The fraction of sp³-hybridized carbons (Fsp3) is 0.364. The highest BCUT2D eigenvalue weighted by Gasteiger charge is 2.09. The van der Waals surface area contributed by atoms with Gasteiger partial charge < -0.3 is 20.1 Å². The summed E-state index contributed by atoms with van der Waals surface area (Å²) in [4.78, 5) is 12.2. The summed E-state index contributed by atoms with van der Waals surface area (Å²) in [7, 11) is 3.42. The number of nitrogens with one attached hydrogen (secondary N) is 2. The molecule has 0 spiro atoms. The summed E-state index contributed by atoms with van der Waals surface area (Å²) in [5, 5.41) is 18.4. The second kappa shape index (κ2) is 13.7. The van der Waals surface area contributed by atoms with Crippen LogP contribution in [0.1, 0.15) is 17.5 Å². The molecule has 0 aliphatic heterocycles. The lowest BCUT2D eigenvalue weighted by Gasteiger charge is -2.13. The average Bonchev–Trinajstić information content (AvgIpc) is 3.21. The van der Waals surface area contributed by atoms with Crippen LogP contribution in [0.5, 0.6) is 11.5 Å². The molecule has 1 aromatic heterocycles. The van der Waals surface area contributed by atoms with Crippen molar-refractivity contribution in [2.45, 2.75) is 25.0 Å². The number of aryl methyl sites for hydroxylation is 2. The number of thioether (sulfide) groups is 1. The molecule has 0 radical (unpaired) electrons. The van der Waals surface area contributed by atoms with Crippen LogP contribution in [0.2, 0.25) is 0 Å². The van der Waals surface area contributed by atoms with Crippen LogP contribution in [0.4, 0.5) is 5.69 Å². The molecule has 0 saturated carbocycles. The van der Waals surface area contributed by atoms with Gasteiger partial charge in [-0.25, -0.2) is 4.68 Å². The Labute approximate surface area is 204 Å². The third-order valence-electron chi connectivity index (χ3n) is 4.56. The Morgan fingerprint density at radius 2 is 1.94 bits per heavy atom. The molecule has 9 nitrogen and oxygen atoms in total. The predicted molar refractivity (Wildman–Crippen MR) is 131 cm³/mol. The normalized spacial score (nSPS) is 10.4. The van der Waals surface area contributed by atoms with Gasteiger partial charge in [0.05, 0.1) is 7.11 Å². The van der Waals surface area contributed by atoms with E-state index in [4.69, 9.17) is 9.47 Å². The molecule has 2 aromatic carbocycles. The van der Waals surface area contributed by atoms with Crippen molar-refractivity contribution in [3.8, 4) is 11.5 Å². The number of benzene rings is 2. The molecule has 11 heteroatoms. The Bertz CT molecular complexity index is 1020. The zero-order valence-electron chi connectivity index (χ0n) is 18.9. The highest BCUT2D eigenvalue weighted by molar-refractivity contribution is 7.99. The number of anilines is 1. The highest BCUT2D eigenvalue weighted by Crippen LogP contribution is 2.28. The Hall–Kier alpha value is -2.82. The van der Waals surface area contributed by atoms with Gasteiger partial charge in [-0.3, -0.25) is 4.79 Å². The van der Waals surface area contributed by atoms with Gasteiger partial charge in [-0.05, 0) is 60.1 Å². The Kier molecular flexibility index (Phi) is 10.9. The highest BCUT2D eigenvalue weighted by atomic mass is 35.5. The molecule has 3 aromatic rings. The van der Waals surface area contributed by atoms with E-state index in [9.17, 15) is 4.79 Å². The minimum absolute atomic E-state index is 0. The number of ether oxygens (including phenoxy) is 2. The summed E-state index contributed by atoms with van der Waals surface area (Å²) in [6.07, 6.45) is 0.992. The van der Waals surface area contributed by atoms with E-state index >= 15 is 0 Å². The van der Waals surface area contributed by atoms with Gasteiger partial charge in [0.25, 0.3) is 5.91 Å². The molecule has 0 atom stereocenters. The predicted octanol–water partition coefficient (Wildman–Crippen LogP) is 3.24. The van der Waals surface area contributed by atoms with E-state index < -0.39 is 0 Å². The maximum atomic E-state index is 12.2. The first-order valence-corrected chi connectivity index (χ1v) is 11.3. The number of hydrogen-bond acceptors (Lipinski definition) is 8. The van der Waals surface area contributed by atoms with E-state index in [0.717, 1.165) is 40.7 Å². The van der Waals surface area contributed by atoms with Crippen molar-refractivity contribution in [2.24, 2.45) is 7.05 Å². The van der Waals surface area contributed by atoms with Gasteiger partial charge in [0.15, 0.2) is 18.1 Å². The first-order valence-electron chi connectivity index (χ1n) is 10.3. The standard InChI is InChI=1S/C22H28N6O3S.ClH/c1-16-5-8-18(9-6-16)24-21(29)15-31-19-10-7-17(13-20(19)30-3)14-23-11-4-12-32-22-25-26-27-28(22)2;/h5-10,13,23H,4,11-12,14-15H2,1-3H3,(H,24,29);1H. The number of methoxy groups -OCH3 is 1. The van der Waals surface area contributed by atoms with E-state index in [1.54, 1.807) is 23.6 Å². The number of amides is 1. The SMILES string of the molecule is COc1cc(CNCCCSc2nnnn2C)ccc1OCC(=O)Nc1ccc(C)cc1.Cl. The molecule has 1 heterocycles. The number of aromatic nitrogens is 4. The van der Waals surface area contributed by atoms with Gasteiger partial charge in [0.1, 0.15) is 0 Å². The zero-order chi connectivity index (χ0) is 22.8. The number of nitrogens with zero attached hydrogens (tertiary/aromatic N) is 4. The number of rotatable bonds is 12. The Morgan fingerprint density at radius 1 is 1.15 bits per heavy atom. The smallest absolute Gasteiger partial charge is 0.262 e. The van der Waals surface area contributed by atoms with Crippen molar-refractivity contribution in [1.82, 2.24) is 25.5 Å². The average molecular weight is 493 g/mol. The van der Waals surface area contributed by atoms with Crippen LogP contribution in [0.3, 0.4) is 0 Å². The van der Waals surface area contributed by atoms with Gasteiger partial charge in [0, 0.05) is 25.0 Å². The minimum atomic E-state index is -0.225. The van der Waals surface area contributed by atoms with E-state index in [1.807, 2.05) is 56.4 Å². The van der Waals surface area contributed by atoms with Gasteiger partial charge >= 0.3 is 0 Å². The molecule has 33 heavy (non-hydrogen) atoms. The largest absolute Gasteiger partial charge is 0.493 e. The van der Waals surface area contributed by atoms with Gasteiger partial charge in [-0.1, -0.05) is 35.5 Å². The van der Waals surface area contributed by atoms with Crippen LogP contribution in [0, 0.1) is 6.92 Å². The molecule has 3 rings (SSSR count). The zero-order valence-corrected chi connectivity index (χ0v) is 20.5. The topological polar surface area (TPSA) is 103 Å². The van der Waals surface area contributed by atoms with Gasteiger partial charge in [-0.2, -0.15) is 0 Å². The minimum Gasteiger partial charge on any atom is -0.493 e. The molecule has 0 bridgehead atoms. The summed E-state index contributed by atoms with van der Waals surface area (Å²) in [5.41, 5.74) is 2.95. The van der Waals surface area contributed by atoms with Crippen molar-refractivity contribution in [3.63, 3.8) is 0 Å². The lowest BCUT2D eigenvalue weighted by molar-refractivity contribution is -0.118. The first kappa shape index (κ1) is 26.4. The maximum absolute atomic E-state index is 12.2. The first-order chi connectivity index (χ1) is 15.5. The van der Waals surface area contributed by atoms with Crippen molar-refractivity contribution >= 4 is 35.8 Å². The Balaban J connectivity index is 0.00000385. The number of halogens is 1. The molecule has 0 aliphatic rings. The van der Waals surface area contributed by atoms with E-state index in [-0.39, 0.29) is 24.9 Å². The van der Waals surface area contributed by atoms with Crippen LogP contribution in [0.25, 0.3) is 0 Å². The summed E-state index contributed by atoms with van der Waals surface area (Å²) in [6.45, 7) is 3.48. The third kappa shape index (κ3) is 8.56. The summed E-state index contributed by atoms with van der Waals surface area (Å²) < 4.78 is 12.8. The van der Waals surface area contributed by atoms with E-state index in [2.05, 4.69) is 26.2 Å². The van der Waals surface area contributed by atoms with Crippen molar-refractivity contribution in [1.29, 1.82) is 0 Å². The molecule has 0 unspecified atom stereocenters. The fourth-order valence-electron chi connectivity index (χ4n) is 2.86. The van der Waals surface area contributed by atoms with Crippen LogP contribution in [0.15, 0.2) is 47.6 Å². The maximum Gasteiger partial charge on any atom is 0.262 e. The molecular weight excluding hydrogens is 464 g/mol. The number of hydrogen-bond donors (Lipinski definition) is 2. The monoisotopic (exact) mass is 492 g/mol. The molecule has 0 fully saturated rings. The van der Waals surface area contributed by atoms with Crippen molar-refractivity contribution in [2.75, 3.05) is 31.3 Å². The number of carbonyl (C=O) groups is 1. The Morgan fingerprint density at radius 3 is 2.64 bits per heavy atom. The molecule has 1 amide bonds. The quantitative estimate of drug-likeness (QED) is 0.293. The molecule has 178 valence electrons. The second-order valence-corrected chi connectivity index (χ2v) is 8.21. The summed E-state index contributed by atoms with van der Waals surface area (Å²) in [5.74, 6) is 1.83. The summed E-state index contributed by atoms with van der Waals surface area (Å²) >= 11 is 1.63. The second-order valence-electron chi connectivity index (χ2n) is 7.15. The molecule has 0 saturated heterocycles. The summed E-state index contributed by atoms with van der Waals surface area (Å²) in [6, 6.07) is 13.3. The molecule has 2 N–H and O–H groups in total. The van der Waals surface area contributed by atoms with Crippen LogP contribution < -0.4 is 20.1 Å². The lowest BCUT2D eigenvalue weighted by Crippen LogP contribution is -2.20. The van der Waals surface area contributed by atoms with Gasteiger partial charge in [0.2, 0.25) is 5.16 Å². The van der Waals surface area contributed by atoms with Crippen LogP contribution in [-0.4, -0.2) is 52.1 Å². The van der Waals surface area contributed by atoms with Crippen molar-refractivity contribution < 1.29 is 14.3 Å². The third-order valence-corrected chi connectivity index (χ3v) is 5.66. The molecule has 0 aliphatic carbocycles. The number of carbonyl (C=O) groups excluding carboxylic acids is 1. The van der Waals surface area contributed by atoms with Gasteiger partial charge in [-0.15, -0.1) is 17.5 Å². The van der Waals surface area contributed by atoms with Crippen LogP contribution in [-0.2, 0) is 18.4 Å². The fourth-order valence-corrected chi connectivity index (χ4v) is 3.64. The van der Waals surface area contributed by atoms with E-state index in [0.29, 0.717) is 18.0 Å². The van der Waals surface area contributed by atoms with E-state index in [1.165, 1.54) is 0 Å². The van der Waals surface area contributed by atoms with Crippen molar-refractivity contribution in [3.05, 3.63) is 53.6 Å². The molecular formula is C22H29ClN6O3S. The van der Waals surface area contributed by atoms with Crippen LogP contribution >= 0.6 is 24.2 Å². The lowest BCUT2D eigenvalue weighted by atomic mass is 10.2.